The number of benzene rings is 1. The predicted molar refractivity (Wildman–Crippen MR) is 54.0 cm³/mol. The Morgan fingerprint density at radius 2 is 1.92 bits per heavy atom. The molecule has 0 spiro atoms. The van der Waals surface area contributed by atoms with Gasteiger partial charge in [-0.25, -0.2) is 0 Å². The Morgan fingerprint density at radius 3 is 2.46 bits per heavy atom. The van der Waals surface area contributed by atoms with Crippen molar-refractivity contribution in [3.63, 3.8) is 0 Å². The number of quaternary nitrogens is 1. The number of nitrogens with two attached hydrogens (primary N) is 1. The molecule has 1 aromatic carbocycles. The Bertz CT molecular complexity index is 275. The molecule has 0 amide bonds. The highest BCUT2D eigenvalue weighted by Crippen LogP contribution is 2.20. The lowest BCUT2D eigenvalue weighted by atomic mass is 10.0. The van der Waals surface area contributed by atoms with Crippen LogP contribution in [0.1, 0.15) is 5.56 Å². The maximum absolute atomic E-state index is 5.79. The van der Waals surface area contributed by atoms with Gasteiger partial charge in [-0.15, -0.1) is 0 Å². The fourth-order valence-corrected chi connectivity index (χ4v) is 2.23. The summed E-state index contributed by atoms with van der Waals surface area (Å²) in [6.45, 7) is 3.36. The molecule has 1 aliphatic rings. The fourth-order valence-electron chi connectivity index (χ4n) is 2.23. The molecule has 0 radical (unpaired) electrons. The van der Waals surface area contributed by atoms with Crippen molar-refractivity contribution in [2.45, 2.75) is 12.6 Å². The van der Waals surface area contributed by atoms with E-state index in [1.165, 1.54) is 5.56 Å². The molecular weight excluding hydrogens is 160 g/mol. The molecule has 0 bridgehead atoms. The Labute approximate surface area is 79.6 Å². The van der Waals surface area contributed by atoms with E-state index in [1.807, 2.05) is 0 Å². The normalized spacial score (nSPS) is 32.6. The van der Waals surface area contributed by atoms with Crippen molar-refractivity contribution < 1.29 is 4.48 Å². The number of nitrogens with zero attached hydrogens (tertiary/aromatic N) is 1. The zero-order valence-corrected chi connectivity index (χ0v) is 8.11. The lowest BCUT2D eigenvalue weighted by molar-refractivity contribution is -0.960. The van der Waals surface area contributed by atoms with E-state index in [-0.39, 0.29) is 0 Å². The first-order valence-electron chi connectivity index (χ1n) is 4.81. The molecule has 0 atom stereocenters. The van der Waals surface area contributed by atoms with Crippen LogP contribution in [0.2, 0.25) is 0 Å². The SMILES string of the molecule is C[N+]1(Cc2ccccc2)CC(N)C1. The molecule has 1 aromatic rings. The zero-order valence-electron chi connectivity index (χ0n) is 8.11. The van der Waals surface area contributed by atoms with E-state index >= 15 is 0 Å². The van der Waals surface area contributed by atoms with Gasteiger partial charge in [0, 0.05) is 5.56 Å². The summed E-state index contributed by atoms with van der Waals surface area (Å²) in [5.74, 6) is 0. The summed E-state index contributed by atoms with van der Waals surface area (Å²) in [5.41, 5.74) is 7.21. The smallest absolute Gasteiger partial charge is 0.104 e. The van der Waals surface area contributed by atoms with Gasteiger partial charge >= 0.3 is 0 Å². The number of rotatable bonds is 2. The molecular formula is C11H17N2+. The highest BCUT2D eigenvalue weighted by molar-refractivity contribution is 5.13. The van der Waals surface area contributed by atoms with Gasteiger partial charge in [0.25, 0.3) is 0 Å². The first kappa shape index (κ1) is 8.73. The number of hydrogen-bond donors (Lipinski definition) is 1. The summed E-state index contributed by atoms with van der Waals surface area (Å²) in [5, 5.41) is 0. The third-order valence-corrected chi connectivity index (χ3v) is 2.76. The van der Waals surface area contributed by atoms with E-state index in [0.717, 1.165) is 24.1 Å². The van der Waals surface area contributed by atoms with Crippen molar-refractivity contribution in [2.24, 2.45) is 5.73 Å². The summed E-state index contributed by atoms with van der Waals surface area (Å²) in [4.78, 5) is 0. The summed E-state index contributed by atoms with van der Waals surface area (Å²) in [7, 11) is 2.27. The zero-order chi connectivity index (χ0) is 9.31. The lowest BCUT2D eigenvalue weighted by Gasteiger charge is -2.46. The quantitative estimate of drug-likeness (QED) is 0.669. The molecule has 1 saturated heterocycles. The molecule has 0 aromatic heterocycles. The third-order valence-electron chi connectivity index (χ3n) is 2.76. The van der Waals surface area contributed by atoms with Gasteiger partial charge in [0.2, 0.25) is 0 Å². The minimum Gasteiger partial charge on any atom is -0.319 e. The van der Waals surface area contributed by atoms with Gasteiger partial charge in [-0.1, -0.05) is 30.3 Å². The highest BCUT2D eigenvalue weighted by atomic mass is 15.4. The molecule has 0 unspecified atom stereocenters. The molecule has 1 fully saturated rings. The van der Waals surface area contributed by atoms with Gasteiger partial charge in [0.05, 0.1) is 20.1 Å². The minimum absolute atomic E-state index is 0.425. The maximum atomic E-state index is 5.79. The van der Waals surface area contributed by atoms with Crippen LogP contribution in [-0.2, 0) is 6.54 Å². The summed E-state index contributed by atoms with van der Waals surface area (Å²) in [6.07, 6.45) is 0. The van der Waals surface area contributed by atoms with Gasteiger partial charge in [-0.05, 0) is 0 Å². The van der Waals surface area contributed by atoms with Crippen LogP contribution >= 0.6 is 0 Å². The summed E-state index contributed by atoms with van der Waals surface area (Å²) < 4.78 is 1.10. The van der Waals surface area contributed by atoms with Crippen molar-refractivity contribution in [3.8, 4) is 0 Å². The van der Waals surface area contributed by atoms with Gasteiger partial charge in [0.1, 0.15) is 12.6 Å². The molecule has 1 heterocycles. The average Bonchev–Trinajstić information content (AvgIpc) is 2.03. The van der Waals surface area contributed by atoms with Crippen LogP contribution in [0.25, 0.3) is 0 Å². The number of hydrogen-bond acceptors (Lipinski definition) is 1. The van der Waals surface area contributed by atoms with Crippen LogP contribution in [0.5, 0.6) is 0 Å². The van der Waals surface area contributed by atoms with Crippen LogP contribution in [0, 0.1) is 0 Å². The van der Waals surface area contributed by atoms with Gasteiger partial charge in [0.15, 0.2) is 0 Å². The van der Waals surface area contributed by atoms with Crippen LogP contribution < -0.4 is 5.73 Å². The second-order valence-corrected chi connectivity index (χ2v) is 4.39. The van der Waals surface area contributed by atoms with E-state index in [0.29, 0.717) is 6.04 Å². The number of likely N-dealkylation sites (tertiary alicyclic amines) is 1. The van der Waals surface area contributed by atoms with Crippen molar-refractivity contribution in [3.05, 3.63) is 35.9 Å². The second kappa shape index (κ2) is 3.13. The van der Waals surface area contributed by atoms with Crippen LogP contribution in [0.3, 0.4) is 0 Å². The van der Waals surface area contributed by atoms with Gasteiger partial charge in [-0.2, -0.15) is 0 Å². The van der Waals surface area contributed by atoms with Crippen LogP contribution in [0.15, 0.2) is 30.3 Å². The Kier molecular flexibility index (Phi) is 2.10. The molecule has 2 N–H and O–H groups in total. The lowest BCUT2D eigenvalue weighted by Crippen LogP contribution is -2.66. The first-order valence-corrected chi connectivity index (χ1v) is 4.81. The Balaban J connectivity index is 1.99. The first-order chi connectivity index (χ1) is 6.18. The largest absolute Gasteiger partial charge is 0.319 e. The molecule has 0 saturated carbocycles. The molecule has 2 heteroatoms. The van der Waals surface area contributed by atoms with Crippen molar-refractivity contribution >= 4 is 0 Å². The van der Waals surface area contributed by atoms with Crippen molar-refractivity contribution in [1.82, 2.24) is 0 Å². The average molecular weight is 177 g/mol. The van der Waals surface area contributed by atoms with E-state index in [4.69, 9.17) is 5.73 Å². The molecule has 1 aliphatic heterocycles. The van der Waals surface area contributed by atoms with E-state index in [2.05, 4.69) is 37.4 Å². The topological polar surface area (TPSA) is 26.0 Å². The monoisotopic (exact) mass is 177 g/mol. The van der Waals surface area contributed by atoms with Crippen LogP contribution in [0.4, 0.5) is 0 Å². The Morgan fingerprint density at radius 1 is 1.31 bits per heavy atom. The maximum Gasteiger partial charge on any atom is 0.104 e. The molecule has 0 aliphatic carbocycles. The molecule has 70 valence electrons. The minimum atomic E-state index is 0.425. The van der Waals surface area contributed by atoms with E-state index < -0.39 is 0 Å². The Hall–Kier alpha value is -0.860. The van der Waals surface area contributed by atoms with Crippen LogP contribution in [-0.4, -0.2) is 30.7 Å². The number of likely N-dealkylation sites (N-methyl/N-ethyl adjacent to an activating group) is 1. The predicted octanol–water partition coefficient (Wildman–Crippen LogP) is 0.974. The molecule has 2 nitrogen and oxygen atoms in total. The third kappa shape index (κ3) is 1.90. The van der Waals surface area contributed by atoms with E-state index in [1.54, 1.807) is 0 Å². The van der Waals surface area contributed by atoms with Crippen molar-refractivity contribution in [2.75, 3.05) is 20.1 Å². The summed E-state index contributed by atoms with van der Waals surface area (Å²) >= 11 is 0. The second-order valence-electron chi connectivity index (χ2n) is 4.39. The summed E-state index contributed by atoms with van der Waals surface area (Å²) in [6, 6.07) is 11.1. The fraction of sp³-hybridized carbons (Fsp3) is 0.455. The molecule has 13 heavy (non-hydrogen) atoms. The van der Waals surface area contributed by atoms with Gasteiger partial charge in [-0.3, -0.25) is 0 Å². The van der Waals surface area contributed by atoms with Gasteiger partial charge < -0.3 is 10.2 Å². The highest BCUT2D eigenvalue weighted by Gasteiger charge is 2.37. The standard InChI is InChI=1S/C11H17N2/c1-13(8-11(12)9-13)7-10-5-3-2-4-6-10/h2-6,11H,7-9,12H2,1H3/q+1. The molecule has 2 rings (SSSR count). The van der Waals surface area contributed by atoms with Crippen molar-refractivity contribution in [1.29, 1.82) is 0 Å². The van der Waals surface area contributed by atoms with E-state index in [9.17, 15) is 0 Å².